The number of carbonyl (C=O) groups is 1. The van der Waals surface area contributed by atoms with Gasteiger partial charge in [-0.25, -0.2) is 0 Å². The van der Waals surface area contributed by atoms with Gasteiger partial charge in [0.25, 0.3) is 0 Å². The molecule has 0 aliphatic rings. The molecule has 5 heteroatoms. The van der Waals surface area contributed by atoms with Crippen LogP contribution in [-0.4, -0.2) is 38.3 Å². The van der Waals surface area contributed by atoms with Crippen molar-refractivity contribution < 1.29 is 9.90 Å². The number of aromatic nitrogens is 2. The van der Waals surface area contributed by atoms with Crippen molar-refractivity contribution in [2.45, 2.75) is 59.7 Å². The van der Waals surface area contributed by atoms with Crippen LogP contribution in [0.2, 0.25) is 0 Å². The molecule has 0 spiro atoms. The van der Waals surface area contributed by atoms with E-state index in [0.717, 1.165) is 31.7 Å². The lowest BCUT2D eigenvalue weighted by Crippen LogP contribution is -2.34. The van der Waals surface area contributed by atoms with E-state index in [2.05, 4.69) is 36.8 Å². The molecule has 0 fully saturated rings. The second-order valence-corrected chi connectivity index (χ2v) is 4.81. The normalized spacial score (nSPS) is 12.9. The van der Waals surface area contributed by atoms with Crippen molar-refractivity contribution in [2.75, 3.05) is 6.54 Å². The summed E-state index contributed by atoms with van der Waals surface area (Å²) in [6, 6.07) is 2.16. The van der Waals surface area contributed by atoms with E-state index in [1.54, 1.807) is 0 Å². The molecule has 0 aliphatic carbocycles. The molecule has 0 aromatic carbocycles. The van der Waals surface area contributed by atoms with Crippen molar-refractivity contribution in [3.63, 3.8) is 0 Å². The summed E-state index contributed by atoms with van der Waals surface area (Å²) in [5, 5.41) is 13.4. The van der Waals surface area contributed by atoms with Crippen LogP contribution in [-0.2, 0) is 24.3 Å². The first kappa shape index (κ1) is 15.7. The molecule has 1 aromatic heterocycles. The van der Waals surface area contributed by atoms with Gasteiger partial charge >= 0.3 is 5.97 Å². The minimum atomic E-state index is -0.746. The third-order valence-corrected chi connectivity index (χ3v) is 3.44. The second-order valence-electron chi connectivity index (χ2n) is 4.81. The van der Waals surface area contributed by atoms with Crippen LogP contribution in [0.5, 0.6) is 0 Å². The highest BCUT2D eigenvalue weighted by atomic mass is 16.4. The van der Waals surface area contributed by atoms with E-state index in [0.29, 0.717) is 0 Å². The first-order chi connectivity index (χ1) is 9.01. The summed E-state index contributed by atoms with van der Waals surface area (Å²) < 4.78 is 2.01. The zero-order chi connectivity index (χ0) is 14.4. The fraction of sp³-hybridized carbons (Fsp3) is 0.714. The third-order valence-electron chi connectivity index (χ3n) is 3.44. The monoisotopic (exact) mass is 267 g/mol. The Morgan fingerprint density at radius 1 is 1.47 bits per heavy atom. The molecule has 0 bridgehead atoms. The molecule has 0 saturated carbocycles. The molecule has 0 saturated heterocycles. The van der Waals surface area contributed by atoms with Crippen LogP contribution in [0.25, 0.3) is 0 Å². The average Bonchev–Trinajstić information content (AvgIpc) is 2.77. The number of rotatable bonds is 8. The Balaban J connectivity index is 2.79. The van der Waals surface area contributed by atoms with Crippen molar-refractivity contribution in [2.24, 2.45) is 0 Å². The highest BCUT2D eigenvalue weighted by Gasteiger charge is 2.17. The molecule has 0 amide bonds. The van der Waals surface area contributed by atoms with E-state index in [4.69, 9.17) is 5.11 Å². The molecule has 1 N–H and O–H groups in total. The van der Waals surface area contributed by atoms with Crippen molar-refractivity contribution >= 4 is 5.97 Å². The molecular weight excluding hydrogens is 242 g/mol. The third kappa shape index (κ3) is 4.35. The van der Waals surface area contributed by atoms with Gasteiger partial charge in [0.05, 0.1) is 17.8 Å². The van der Waals surface area contributed by atoms with Crippen LogP contribution in [0.4, 0.5) is 0 Å². The van der Waals surface area contributed by atoms with Gasteiger partial charge in [0.15, 0.2) is 0 Å². The largest absolute Gasteiger partial charge is 0.481 e. The molecule has 1 heterocycles. The van der Waals surface area contributed by atoms with Gasteiger partial charge < -0.3 is 5.11 Å². The van der Waals surface area contributed by atoms with E-state index >= 15 is 0 Å². The van der Waals surface area contributed by atoms with Crippen molar-refractivity contribution in [1.82, 2.24) is 14.7 Å². The van der Waals surface area contributed by atoms with Gasteiger partial charge in [-0.1, -0.05) is 13.8 Å². The Hall–Kier alpha value is -1.36. The summed E-state index contributed by atoms with van der Waals surface area (Å²) >= 11 is 0. The highest BCUT2D eigenvalue weighted by molar-refractivity contribution is 5.67. The zero-order valence-corrected chi connectivity index (χ0v) is 12.4. The molecule has 1 rings (SSSR count). The van der Waals surface area contributed by atoms with Crippen molar-refractivity contribution in [3.8, 4) is 0 Å². The van der Waals surface area contributed by atoms with Gasteiger partial charge in [0.1, 0.15) is 0 Å². The van der Waals surface area contributed by atoms with E-state index in [1.165, 1.54) is 5.69 Å². The zero-order valence-electron chi connectivity index (χ0n) is 12.4. The molecule has 0 radical (unpaired) electrons. The van der Waals surface area contributed by atoms with E-state index < -0.39 is 5.97 Å². The van der Waals surface area contributed by atoms with Gasteiger partial charge in [-0.15, -0.1) is 0 Å². The average molecular weight is 267 g/mol. The summed E-state index contributed by atoms with van der Waals surface area (Å²) in [7, 11) is 0. The first-order valence-electron chi connectivity index (χ1n) is 7.03. The lowest BCUT2D eigenvalue weighted by Gasteiger charge is -2.26. The predicted octanol–water partition coefficient (Wildman–Crippen LogP) is 2.15. The number of nitrogens with zero attached hydrogens (tertiary/aromatic N) is 3. The maximum absolute atomic E-state index is 10.8. The molecule has 5 nitrogen and oxygen atoms in total. The fourth-order valence-corrected chi connectivity index (χ4v) is 2.26. The quantitative estimate of drug-likeness (QED) is 0.784. The van der Waals surface area contributed by atoms with Crippen LogP contribution in [0.1, 0.15) is 45.5 Å². The van der Waals surface area contributed by atoms with Gasteiger partial charge in [-0.3, -0.25) is 14.4 Å². The molecule has 19 heavy (non-hydrogen) atoms. The van der Waals surface area contributed by atoms with Gasteiger partial charge in [0, 0.05) is 19.1 Å². The number of carboxylic acid groups (broad SMARTS) is 1. The summed E-state index contributed by atoms with van der Waals surface area (Å²) in [4.78, 5) is 13.0. The van der Waals surface area contributed by atoms with Crippen LogP contribution >= 0.6 is 0 Å². The lowest BCUT2D eigenvalue weighted by molar-refractivity contribution is -0.138. The Morgan fingerprint density at radius 3 is 2.63 bits per heavy atom. The molecule has 1 aromatic rings. The minimum absolute atomic E-state index is 0.0350. The predicted molar refractivity (Wildman–Crippen MR) is 75.1 cm³/mol. The number of hydrogen-bond acceptors (Lipinski definition) is 3. The van der Waals surface area contributed by atoms with Crippen molar-refractivity contribution in [3.05, 3.63) is 17.5 Å². The molecule has 0 aliphatic heterocycles. The first-order valence-corrected chi connectivity index (χ1v) is 7.03. The van der Waals surface area contributed by atoms with Gasteiger partial charge in [0.2, 0.25) is 0 Å². The second kappa shape index (κ2) is 7.28. The van der Waals surface area contributed by atoms with Gasteiger partial charge in [-0.05, 0) is 32.9 Å². The maximum atomic E-state index is 10.8. The van der Waals surface area contributed by atoms with E-state index in [-0.39, 0.29) is 12.5 Å². The van der Waals surface area contributed by atoms with Crippen molar-refractivity contribution in [1.29, 1.82) is 0 Å². The Morgan fingerprint density at radius 2 is 2.16 bits per heavy atom. The lowest BCUT2D eigenvalue weighted by atomic mass is 10.2. The van der Waals surface area contributed by atoms with Crippen LogP contribution in [0.15, 0.2) is 6.07 Å². The Bertz CT molecular complexity index is 415. The summed E-state index contributed by atoms with van der Waals surface area (Å²) in [6.45, 7) is 10.6. The SMILES string of the molecule is CCc1cc(CN(CC)C(C)CC(=O)O)n(CC)n1. The van der Waals surface area contributed by atoms with Crippen LogP contribution in [0, 0.1) is 0 Å². The number of aliphatic carboxylic acids is 1. The highest BCUT2D eigenvalue weighted by Crippen LogP contribution is 2.13. The number of carboxylic acids is 1. The Labute approximate surface area is 115 Å². The van der Waals surface area contributed by atoms with Gasteiger partial charge in [-0.2, -0.15) is 5.10 Å². The smallest absolute Gasteiger partial charge is 0.304 e. The van der Waals surface area contributed by atoms with E-state index in [9.17, 15) is 4.79 Å². The summed E-state index contributed by atoms with van der Waals surface area (Å²) in [5.74, 6) is -0.746. The number of hydrogen-bond donors (Lipinski definition) is 1. The summed E-state index contributed by atoms with van der Waals surface area (Å²) in [5.41, 5.74) is 2.26. The minimum Gasteiger partial charge on any atom is -0.481 e. The number of aryl methyl sites for hydroxylation is 2. The Kier molecular flexibility index (Phi) is 6.02. The molecule has 108 valence electrons. The van der Waals surface area contributed by atoms with Crippen LogP contribution < -0.4 is 0 Å². The topological polar surface area (TPSA) is 58.4 Å². The molecular formula is C14H25N3O2. The standard InChI is InChI=1S/C14H25N3O2/c1-5-12-9-13(17(7-3)15-12)10-16(6-2)11(4)8-14(18)19/h9,11H,5-8,10H2,1-4H3,(H,18,19). The summed E-state index contributed by atoms with van der Waals surface area (Å²) in [6.07, 6.45) is 1.10. The fourth-order valence-electron chi connectivity index (χ4n) is 2.26. The molecule has 1 atom stereocenters. The molecule has 1 unspecified atom stereocenters. The van der Waals surface area contributed by atoms with E-state index in [1.807, 2.05) is 11.6 Å². The maximum Gasteiger partial charge on any atom is 0.304 e. The van der Waals surface area contributed by atoms with Crippen LogP contribution in [0.3, 0.4) is 0 Å².